The van der Waals surface area contributed by atoms with Crippen LogP contribution in [0.5, 0.6) is 0 Å². The molecule has 21 heavy (non-hydrogen) atoms. The number of H-pyrrole nitrogens is 1. The van der Waals surface area contributed by atoms with Gasteiger partial charge in [-0.1, -0.05) is 37.3 Å². The Morgan fingerprint density at radius 1 is 1.19 bits per heavy atom. The first-order chi connectivity index (χ1) is 10.2. The van der Waals surface area contributed by atoms with E-state index in [1.807, 2.05) is 6.07 Å². The average molecular weight is 278 g/mol. The average Bonchev–Trinajstić information content (AvgIpc) is 2.89. The summed E-state index contributed by atoms with van der Waals surface area (Å²) in [5, 5.41) is 8.19. The van der Waals surface area contributed by atoms with Crippen molar-refractivity contribution in [2.45, 2.75) is 26.2 Å². The number of pyridine rings is 1. The van der Waals surface area contributed by atoms with E-state index in [1.165, 1.54) is 17.5 Å². The van der Waals surface area contributed by atoms with Crippen molar-refractivity contribution < 1.29 is 0 Å². The van der Waals surface area contributed by atoms with Gasteiger partial charge in [0.25, 0.3) is 0 Å². The van der Waals surface area contributed by atoms with Gasteiger partial charge in [-0.3, -0.25) is 5.10 Å². The normalized spacial score (nSPS) is 17.9. The minimum atomic E-state index is 0.641. The summed E-state index contributed by atoms with van der Waals surface area (Å²) in [5.74, 6) is 1.32. The van der Waals surface area contributed by atoms with Crippen LogP contribution in [0.3, 0.4) is 0 Å². The molecule has 4 heteroatoms. The lowest BCUT2D eigenvalue weighted by Crippen LogP contribution is -2.14. The van der Waals surface area contributed by atoms with Gasteiger partial charge in [-0.05, 0) is 36.3 Å². The second-order valence-corrected chi connectivity index (χ2v) is 5.97. The van der Waals surface area contributed by atoms with E-state index in [2.05, 4.69) is 41.4 Å². The maximum absolute atomic E-state index is 6.08. The van der Waals surface area contributed by atoms with E-state index in [0.29, 0.717) is 11.7 Å². The van der Waals surface area contributed by atoms with Crippen LogP contribution in [0, 0.1) is 5.92 Å². The number of anilines is 1. The molecule has 4 rings (SSSR count). The largest absolute Gasteiger partial charge is 0.384 e. The van der Waals surface area contributed by atoms with Crippen LogP contribution >= 0.6 is 0 Å². The zero-order valence-electron chi connectivity index (χ0n) is 12.1. The molecule has 2 aromatic heterocycles. The highest BCUT2D eigenvalue weighted by atomic mass is 15.2. The molecule has 1 atom stereocenters. The summed E-state index contributed by atoms with van der Waals surface area (Å²) in [6.45, 7) is 2.30. The number of nitrogens with two attached hydrogens (primary N) is 1. The minimum absolute atomic E-state index is 0.641. The fraction of sp³-hybridized carbons (Fsp3) is 0.294. The van der Waals surface area contributed by atoms with Gasteiger partial charge in [0.05, 0.1) is 11.1 Å². The third kappa shape index (κ3) is 1.90. The number of nitrogens with one attached hydrogen (secondary N) is 1. The molecule has 0 spiro atoms. The monoisotopic (exact) mass is 278 g/mol. The topological polar surface area (TPSA) is 67.6 Å². The molecule has 0 bridgehead atoms. The van der Waals surface area contributed by atoms with Gasteiger partial charge in [0.15, 0.2) is 5.65 Å². The first-order valence-corrected chi connectivity index (χ1v) is 7.44. The molecule has 3 N–H and O–H groups in total. The van der Waals surface area contributed by atoms with Gasteiger partial charge in [-0.25, -0.2) is 4.98 Å². The van der Waals surface area contributed by atoms with Gasteiger partial charge in [-0.15, -0.1) is 0 Å². The summed E-state index contributed by atoms with van der Waals surface area (Å²) < 4.78 is 0. The number of hydrogen-bond donors (Lipinski definition) is 2. The van der Waals surface area contributed by atoms with Crippen LogP contribution in [-0.4, -0.2) is 15.2 Å². The van der Waals surface area contributed by atoms with Crippen molar-refractivity contribution in [3.05, 3.63) is 41.5 Å². The van der Waals surface area contributed by atoms with Crippen molar-refractivity contribution in [1.29, 1.82) is 0 Å². The van der Waals surface area contributed by atoms with Crippen molar-refractivity contribution in [2.75, 3.05) is 5.73 Å². The molecule has 0 aliphatic heterocycles. The maximum Gasteiger partial charge on any atom is 0.183 e. The van der Waals surface area contributed by atoms with E-state index in [1.54, 1.807) is 0 Å². The van der Waals surface area contributed by atoms with Crippen molar-refractivity contribution in [1.82, 2.24) is 15.2 Å². The first kappa shape index (κ1) is 12.4. The Morgan fingerprint density at radius 3 is 2.81 bits per heavy atom. The molecule has 1 aromatic carbocycles. The lowest BCUT2D eigenvalue weighted by Gasteiger charge is -2.24. The lowest BCUT2D eigenvalue weighted by molar-refractivity contribution is 0.503. The van der Waals surface area contributed by atoms with Gasteiger partial charge < -0.3 is 5.73 Å². The first-order valence-electron chi connectivity index (χ1n) is 7.44. The van der Waals surface area contributed by atoms with Gasteiger partial charge in [-0.2, -0.15) is 5.10 Å². The van der Waals surface area contributed by atoms with E-state index in [4.69, 9.17) is 10.7 Å². The Hall–Kier alpha value is -2.36. The van der Waals surface area contributed by atoms with E-state index in [0.717, 1.165) is 35.1 Å². The minimum Gasteiger partial charge on any atom is -0.384 e. The fourth-order valence-electron chi connectivity index (χ4n) is 3.36. The zero-order chi connectivity index (χ0) is 14.4. The van der Waals surface area contributed by atoms with Gasteiger partial charge in [0, 0.05) is 5.56 Å². The zero-order valence-corrected chi connectivity index (χ0v) is 12.1. The number of aromatic amines is 1. The standard InChI is InChI=1S/C17H18N4/c1-10-7-8-12-13(9-10)14-16(18)20-21-17(14)19-15(12)11-5-3-2-4-6-11/h2-6,10H,7-9H2,1H3,(H3,18,19,20,21). The van der Waals surface area contributed by atoms with E-state index >= 15 is 0 Å². The molecule has 3 aromatic rings. The van der Waals surface area contributed by atoms with Crippen molar-refractivity contribution in [3.8, 4) is 11.3 Å². The molecule has 1 unspecified atom stereocenters. The summed E-state index contributed by atoms with van der Waals surface area (Å²) in [7, 11) is 0. The van der Waals surface area contributed by atoms with Crippen LogP contribution in [0.25, 0.3) is 22.3 Å². The second kappa shape index (κ2) is 4.58. The molecule has 1 aliphatic carbocycles. The quantitative estimate of drug-likeness (QED) is 0.717. The summed E-state index contributed by atoms with van der Waals surface area (Å²) >= 11 is 0. The number of nitrogens with zero attached hydrogens (tertiary/aromatic N) is 2. The molecule has 0 saturated carbocycles. The number of rotatable bonds is 1. The summed E-state index contributed by atoms with van der Waals surface area (Å²) in [4.78, 5) is 4.78. The Kier molecular flexibility index (Phi) is 2.70. The fourth-order valence-corrected chi connectivity index (χ4v) is 3.36. The van der Waals surface area contributed by atoms with Crippen molar-refractivity contribution in [2.24, 2.45) is 5.92 Å². The maximum atomic E-state index is 6.08. The van der Waals surface area contributed by atoms with Crippen LogP contribution in [0.1, 0.15) is 24.5 Å². The number of fused-ring (bicyclic) bond motifs is 3. The van der Waals surface area contributed by atoms with E-state index in [9.17, 15) is 0 Å². The Balaban J connectivity index is 2.05. The Bertz CT molecular complexity index is 805. The smallest absolute Gasteiger partial charge is 0.183 e. The number of aromatic nitrogens is 3. The highest BCUT2D eigenvalue weighted by Crippen LogP contribution is 2.37. The van der Waals surface area contributed by atoms with Gasteiger partial charge >= 0.3 is 0 Å². The Labute approximate surface area is 123 Å². The third-order valence-electron chi connectivity index (χ3n) is 4.43. The van der Waals surface area contributed by atoms with Crippen LogP contribution in [0.15, 0.2) is 30.3 Å². The van der Waals surface area contributed by atoms with Crippen LogP contribution in [0.4, 0.5) is 5.82 Å². The van der Waals surface area contributed by atoms with E-state index in [-0.39, 0.29) is 0 Å². The highest BCUT2D eigenvalue weighted by molar-refractivity contribution is 5.93. The number of benzene rings is 1. The van der Waals surface area contributed by atoms with Crippen LogP contribution in [-0.2, 0) is 12.8 Å². The molecule has 0 saturated heterocycles. The number of nitrogen functional groups attached to an aromatic ring is 1. The van der Waals surface area contributed by atoms with Crippen molar-refractivity contribution in [3.63, 3.8) is 0 Å². The molecule has 4 nitrogen and oxygen atoms in total. The SMILES string of the molecule is CC1CCc2c(-c3ccccc3)nc3n[nH]c(N)c3c2C1. The van der Waals surface area contributed by atoms with Crippen molar-refractivity contribution >= 4 is 16.9 Å². The molecule has 2 heterocycles. The summed E-state index contributed by atoms with van der Waals surface area (Å²) in [6, 6.07) is 10.4. The van der Waals surface area contributed by atoms with Crippen LogP contribution in [0.2, 0.25) is 0 Å². The predicted molar refractivity (Wildman–Crippen MR) is 84.9 cm³/mol. The molecule has 1 aliphatic rings. The molecule has 0 radical (unpaired) electrons. The molecular weight excluding hydrogens is 260 g/mol. The molecule has 0 fully saturated rings. The molecule has 106 valence electrons. The Morgan fingerprint density at radius 2 is 2.00 bits per heavy atom. The van der Waals surface area contributed by atoms with Gasteiger partial charge in [0.2, 0.25) is 0 Å². The van der Waals surface area contributed by atoms with E-state index < -0.39 is 0 Å². The summed E-state index contributed by atoms with van der Waals surface area (Å²) in [6.07, 6.45) is 3.32. The summed E-state index contributed by atoms with van der Waals surface area (Å²) in [5.41, 5.74) is 11.7. The third-order valence-corrected chi connectivity index (χ3v) is 4.43. The molecule has 0 amide bonds. The molecular formula is C17H18N4. The second-order valence-electron chi connectivity index (χ2n) is 5.97. The lowest BCUT2D eigenvalue weighted by atomic mass is 9.82. The highest BCUT2D eigenvalue weighted by Gasteiger charge is 2.24. The van der Waals surface area contributed by atoms with Gasteiger partial charge in [0.1, 0.15) is 5.82 Å². The van der Waals surface area contributed by atoms with Crippen LogP contribution < -0.4 is 5.73 Å². The number of hydrogen-bond acceptors (Lipinski definition) is 3. The predicted octanol–water partition coefficient (Wildman–Crippen LogP) is 3.33.